The zero-order valence-electron chi connectivity index (χ0n) is 12.2. The van der Waals surface area contributed by atoms with Crippen molar-refractivity contribution in [1.29, 1.82) is 5.26 Å². The quantitative estimate of drug-likeness (QED) is 0.808. The predicted octanol–water partition coefficient (Wildman–Crippen LogP) is 0.847. The first-order chi connectivity index (χ1) is 10.2. The Balaban J connectivity index is 1.74. The van der Waals surface area contributed by atoms with Crippen LogP contribution in [0, 0.1) is 17.2 Å². The summed E-state index contributed by atoms with van der Waals surface area (Å²) in [6.07, 6.45) is 0. The molecule has 0 N–H and O–H groups in total. The van der Waals surface area contributed by atoms with E-state index in [0.717, 1.165) is 19.6 Å². The maximum Gasteiger partial charge on any atom is 0.229 e. The third-order valence-corrected chi connectivity index (χ3v) is 4.31. The molecular formula is C16H19N3O2. The number of ether oxygens (including phenoxy) is 1. The molecule has 110 valence electrons. The Morgan fingerprint density at radius 3 is 2.76 bits per heavy atom. The molecule has 0 spiro atoms. The van der Waals surface area contributed by atoms with E-state index in [2.05, 4.69) is 11.0 Å². The number of likely N-dealkylation sites (N-methyl/N-ethyl adjacent to an activating group) is 1. The maximum absolute atomic E-state index is 12.3. The molecule has 2 aliphatic heterocycles. The third-order valence-electron chi connectivity index (χ3n) is 4.31. The number of carbonyl (C=O) groups excluding carboxylic acids is 1. The van der Waals surface area contributed by atoms with Crippen molar-refractivity contribution in [2.45, 2.75) is 12.6 Å². The number of carbonyl (C=O) groups is 1. The summed E-state index contributed by atoms with van der Waals surface area (Å²) in [6, 6.07) is 9.92. The average Bonchev–Trinajstić information content (AvgIpc) is 2.67. The molecule has 0 radical (unpaired) electrons. The normalized spacial score (nSPS) is 26.3. The first kappa shape index (κ1) is 14.1. The van der Waals surface area contributed by atoms with Crippen LogP contribution in [0.25, 0.3) is 0 Å². The highest BCUT2D eigenvalue weighted by Gasteiger charge is 2.36. The summed E-state index contributed by atoms with van der Waals surface area (Å²) in [7, 11) is 1.87. The average molecular weight is 285 g/mol. The fourth-order valence-electron chi connectivity index (χ4n) is 3.06. The molecule has 3 rings (SSSR count). The molecule has 1 amide bonds. The summed E-state index contributed by atoms with van der Waals surface area (Å²) < 4.78 is 5.61. The fourth-order valence-corrected chi connectivity index (χ4v) is 3.06. The third kappa shape index (κ3) is 2.92. The molecule has 2 saturated heterocycles. The van der Waals surface area contributed by atoms with Crippen LogP contribution in [0.1, 0.15) is 11.1 Å². The van der Waals surface area contributed by atoms with Crippen LogP contribution in [0.5, 0.6) is 0 Å². The van der Waals surface area contributed by atoms with Gasteiger partial charge in [0, 0.05) is 26.7 Å². The Labute approximate surface area is 124 Å². The highest BCUT2D eigenvalue weighted by atomic mass is 16.5. The van der Waals surface area contributed by atoms with E-state index < -0.39 is 0 Å². The largest absolute Gasteiger partial charge is 0.378 e. The molecule has 5 nitrogen and oxygen atoms in total. The van der Waals surface area contributed by atoms with Crippen LogP contribution in [-0.4, -0.2) is 55.1 Å². The van der Waals surface area contributed by atoms with E-state index in [1.165, 1.54) is 5.56 Å². The van der Waals surface area contributed by atoms with Crippen molar-refractivity contribution in [3.05, 3.63) is 35.4 Å². The minimum absolute atomic E-state index is 0.0686. The summed E-state index contributed by atoms with van der Waals surface area (Å²) in [5, 5.41) is 8.84. The van der Waals surface area contributed by atoms with Crippen LogP contribution in [-0.2, 0) is 16.1 Å². The number of hydrogen-bond donors (Lipinski definition) is 0. The SMILES string of the molecule is CN1C(=O)[C@H]2COC[C@@H]1CN(Cc1ccc(C#N)cc1)C2. The molecule has 2 aliphatic rings. The Bertz CT molecular complexity index is 564. The van der Waals surface area contributed by atoms with Gasteiger partial charge in [0.25, 0.3) is 0 Å². The van der Waals surface area contributed by atoms with Crippen molar-refractivity contribution in [2.75, 3.05) is 33.4 Å². The van der Waals surface area contributed by atoms with Crippen molar-refractivity contribution in [1.82, 2.24) is 9.80 Å². The van der Waals surface area contributed by atoms with Crippen LogP contribution in [0.3, 0.4) is 0 Å². The van der Waals surface area contributed by atoms with Gasteiger partial charge in [0.2, 0.25) is 5.91 Å². The maximum atomic E-state index is 12.3. The van der Waals surface area contributed by atoms with Gasteiger partial charge in [-0.1, -0.05) is 12.1 Å². The number of fused-ring (bicyclic) bond motifs is 3. The molecule has 0 aromatic heterocycles. The van der Waals surface area contributed by atoms with Gasteiger partial charge < -0.3 is 9.64 Å². The molecule has 21 heavy (non-hydrogen) atoms. The lowest BCUT2D eigenvalue weighted by Gasteiger charge is -2.29. The summed E-state index contributed by atoms with van der Waals surface area (Å²) in [6.45, 7) is 3.50. The Morgan fingerprint density at radius 1 is 1.29 bits per heavy atom. The van der Waals surface area contributed by atoms with Gasteiger partial charge in [-0.25, -0.2) is 0 Å². The molecule has 0 saturated carbocycles. The van der Waals surface area contributed by atoms with E-state index in [4.69, 9.17) is 10.00 Å². The number of benzene rings is 1. The zero-order chi connectivity index (χ0) is 14.8. The molecule has 0 aliphatic carbocycles. The molecule has 1 aromatic rings. The van der Waals surface area contributed by atoms with Gasteiger partial charge >= 0.3 is 0 Å². The van der Waals surface area contributed by atoms with E-state index in [9.17, 15) is 4.79 Å². The van der Waals surface area contributed by atoms with Crippen molar-refractivity contribution in [3.8, 4) is 6.07 Å². The summed E-state index contributed by atoms with van der Waals surface area (Å²) in [4.78, 5) is 16.5. The number of rotatable bonds is 2. The van der Waals surface area contributed by atoms with Gasteiger partial charge in [-0.15, -0.1) is 0 Å². The Hall–Kier alpha value is -1.90. The Kier molecular flexibility index (Phi) is 3.91. The summed E-state index contributed by atoms with van der Waals surface area (Å²) in [5.41, 5.74) is 1.85. The molecule has 5 heteroatoms. The minimum atomic E-state index is -0.0686. The molecular weight excluding hydrogens is 266 g/mol. The first-order valence-corrected chi connectivity index (χ1v) is 7.23. The van der Waals surface area contributed by atoms with E-state index >= 15 is 0 Å². The van der Waals surface area contributed by atoms with E-state index in [0.29, 0.717) is 18.8 Å². The summed E-state index contributed by atoms with van der Waals surface area (Å²) >= 11 is 0. The Morgan fingerprint density at radius 2 is 2.05 bits per heavy atom. The lowest BCUT2D eigenvalue weighted by Crippen LogP contribution is -2.42. The van der Waals surface area contributed by atoms with Gasteiger partial charge in [-0.05, 0) is 17.7 Å². The van der Waals surface area contributed by atoms with Crippen LogP contribution < -0.4 is 0 Å². The van der Waals surface area contributed by atoms with E-state index in [1.807, 2.05) is 36.2 Å². The van der Waals surface area contributed by atoms with Crippen LogP contribution in [0.4, 0.5) is 0 Å². The van der Waals surface area contributed by atoms with Crippen LogP contribution in [0.2, 0.25) is 0 Å². The van der Waals surface area contributed by atoms with E-state index in [1.54, 1.807) is 0 Å². The van der Waals surface area contributed by atoms with Gasteiger partial charge in [0.1, 0.15) is 0 Å². The second-order valence-electron chi connectivity index (χ2n) is 5.84. The van der Waals surface area contributed by atoms with Gasteiger partial charge in [-0.3, -0.25) is 9.69 Å². The van der Waals surface area contributed by atoms with Gasteiger partial charge in [0.05, 0.1) is 36.8 Å². The second-order valence-corrected chi connectivity index (χ2v) is 5.84. The van der Waals surface area contributed by atoms with Crippen molar-refractivity contribution in [2.24, 2.45) is 5.92 Å². The lowest BCUT2D eigenvalue weighted by molar-refractivity contribution is -0.133. The van der Waals surface area contributed by atoms with Crippen LogP contribution in [0.15, 0.2) is 24.3 Å². The topological polar surface area (TPSA) is 56.6 Å². The fraction of sp³-hybridized carbons (Fsp3) is 0.500. The van der Waals surface area contributed by atoms with Crippen molar-refractivity contribution >= 4 is 5.91 Å². The van der Waals surface area contributed by atoms with E-state index in [-0.39, 0.29) is 17.9 Å². The predicted molar refractivity (Wildman–Crippen MR) is 77.3 cm³/mol. The molecule has 2 bridgehead atoms. The van der Waals surface area contributed by atoms with Gasteiger partial charge in [0.15, 0.2) is 0 Å². The van der Waals surface area contributed by atoms with Crippen LogP contribution >= 0.6 is 0 Å². The molecule has 2 heterocycles. The van der Waals surface area contributed by atoms with Crippen molar-refractivity contribution < 1.29 is 9.53 Å². The second kappa shape index (κ2) is 5.84. The monoisotopic (exact) mass is 285 g/mol. The smallest absolute Gasteiger partial charge is 0.229 e. The lowest BCUT2D eigenvalue weighted by atomic mass is 10.1. The number of amides is 1. The highest BCUT2D eigenvalue weighted by molar-refractivity contribution is 5.79. The highest BCUT2D eigenvalue weighted by Crippen LogP contribution is 2.21. The molecule has 2 fully saturated rings. The minimum Gasteiger partial charge on any atom is -0.378 e. The molecule has 2 atom stereocenters. The number of nitrogens with zero attached hydrogens (tertiary/aromatic N) is 3. The summed E-state index contributed by atoms with van der Waals surface area (Å²) in [5.74, 6) is 0.126. The van der Waals surface area contributed by atoms with Crippen molar-refractivity contribution in [3.63, 3.8) is 0 Å². The standard InChI is InChI=1S/C16H19N3O2/c1-18-15-9-19(8-14(16(18)20)10-21-11-15)7-13-4-2-12(6-17)3-5-13/h2-5,14-15H,7-11H2,1H3/t14-,15+/m1/s1. The molecule has 1 aromatic carbocycles. The first-order valence-electron chi connectivity index (χ1n) is 7.23. The van der Waals surface area contributed by atoms with Gasteiger partial charge in [-0.2, -0.15) is 5.26 Å². The molecule has 0 unspecified atom stereocenters. The number of hydrogen-bond acceptors (Lipinski definition) is 4. The zero-order valence-corrected chi connectivity index (χ0v) is 12.2. The number of nitriles is 1.